The fourth-order valence-electron chi connectivity index (χ4n) is 3.00. The van der Waals surface area contributed by atoms with E-state index in [0.717, 1.165) is 16.8 Å². The highest BCUT2D eigenvalue weighted by atomic mass is 32.2. The normalized spacial score (nSPS) is 10.7. The Morgan fingerprint density at radius 2 is 1.62 bits per heavy atom. The van der Waals surface area contributed by atoms with Crippen molar-refractivity contribution in [1.29, 1.82) is 0 Å². The van der Waals surface area contributed by atoms with Gasteiger partial charge in [0, 0.05) is 17.3 Å². The molecule has 0 saturated carbocycles. The van der Waals surface area contributed by atoms with E-state index in [1.807, 2.05) is 32.9 Å². The molecule has 1 amide bonds. The molecule has 0 unspecified atom stereocenters. The summed E-state index contributed by atoms with van der Waals surface area (Å²) in [6.07, 6.45) is 0. The summed E-state index contributed by atoms with van der Waals surface area (Å²) < 4.78 is 16.2. The number of carbonyl (C=O) groups excluding carboxylic acids is 1. The van der Waals surface area contributed by atoms with Crippen molar-refractivity contribution in [3.8, 4) is 23.0 Å². The largest absolute Gasteiger partial charge is 0.497 e. The molecule has 3 aromatic rings. The van der Waals surface area contributed by atoms with Crippen LogP contribution in [0, 0.1) is 20.8 Å². The van der Waals surface area contributed by atoms with Gasteiger partial charge < -0.3 is 19.2 Å². The summed E-state index contributed by atoms with van der Waals surface area (Å²) in [7, 11) is 3.15. The molecular formula is C21H23N3O4S. The molecule has 0 radical (unpaired) electrons. The van der Waals surface area contributed by atoms with Gasteiger partial charge in [-0.05, 0) is 44.0 Å². The Morgan fingerprint density at radius 1 is 1.00 bits per heavy atom. The average Bonchev–Trinajstić information content (AvgIpc) is 3.17. The summed E-state index contributed by atoms with van der Waals surface area (Å²) in [5.74, 6) is 1.60. The van der Waals surface area contributed by atoms with Crippen LogP contribution in [0.25, 0.3) is 11.5 Å². The third kappa shape index (κ3) is 5.08. The molecule has 2 aromatic carbocycles. The summed E-state index contributed by atoms with van der Waals surface area (Å²) >= 11 is 1.18. The fourth-order valence-corrected chi connectivity index (χ4v) is 3.56. The third-order valence-corrected chi connectivity index (χ3v) is 5.09. The van der Waals surface area contributed by atoms with E-state index in [1.54, 1.807) is 32.4 Å². The molecule has 152 valence electrons. The van der Waals surface area contributed by atoms with Crippen LogP contribution in [0.3, 0.4) is 0 Å². The molecule has 1 heterocycles. The van der Waals surface area contributed by atoms with Crippen molar-refractivity contribution in [2.45, 2.75) is 26.0 Å². The Kier molecular flexibility index (Phi) is 6.43. The maximum atomic E-state index is 12.4. The molecule has 0 atom stereocenters. The molecule has 1 aromatic heterocycles. The lowest BCUT2D eigenvalue weighted by Crippen LogP contribution is -2.15. The van der Waals surface area contributed by atoms with Crippen molar-refractivity contribution in [3.63, 3.8) is 0 Å². The van der Waals surface area contributed by atoms with E-state index in [-0.39, 0.29) is 11.7 Å². The number of aromatic nitrogens is 2. The lowest BCUT2D eigenvalue weighted by atomic mass is 10.1. The number of amides is 1. The van der Waals surface area contributed by atoms with Crippen LogP contribution >= 0.6 is 11.8 Å². The number of anilines is 1. The maximum Gasteiger partial charge on any atom is 0.277 e. The minimum Gasteiger partial charge on any atom is -0.497 e. The average molecular weight is 413 g/mol. The number of nitrogens with one attached hydrogen (secondary N) is 1. The molecule has 7 nitrogen and oxygen atoms in total. The van der Waals surface area contributed by atoms with Gasteiger partial charge >= 0.3 is 0 Å². The summed E-state index contributed by atoms with van der Waals surface area (Å²) in [6.45, 7) is 6.00. The summed E-state index contributed by atoms with van der Waals surface area (Å²) in [4.78, 5) is 12.4. The SMILES string of the molecule is COc1cc(OC)cc(-c2nnc(SCC(=O)Nc3c(C)cc(C)cc3C)o2)c1. The molecule has 3 rings (SSSR count). The van der Waals surface area contributed by atoms with Gasteiger partial charge in [-0.3, -0.25) is 4.79 Å². The first-order chi connectivity index (χ1) is 13.9. The molecule has 0 aliphatic heterocycles. The molecule has 0 bridgehead atoms. The summed E-state index contributed by atoms with van der Waals surface area (Å²) in [5.41, 5.74) is 4.76. The first kappa shape index (κ1) is 20.7. The predicted octanol–water partition coefficient (Wildman–Crippen LogP) is 4.41. The van der Waals surface area contributed by atoms with Crippen LogP contribution in [-0.4, -0.2) is 36.1 Å². The van der Waals surface area contributed by atoms with E-state index in [0.29, 0.717) is 28.2 Å². The lowest BCUT2D eigenvalue weighted by Gasteiger charge is -2.12. The Hall–Kier alpha value is -3.00. The highest BCUT2D eigenvalue weighted by molar-refractivity contribution is 7.99. The van der Waals surface area contributed by atoms with Gasteiger partial charge in [0.15, 0.2) is 0 Å². The molecule has 0 saturated heterocycles. The molecule has 0 aliphatic rings. The zero-order valence-electron chi connectivity index (χ0n) is 17.0. The molecule has 29 heavy (non-hydrogen) atoms. The van der Waals surface area contributed by atoms with Crippen LogP contribution < -0.4 is 14.8 Å². The molecule has 0 spiro atoms. The van der Waals surface area contributed by atoms with E-state index >= 15 is 0 Å². The van der Waals surface area contributed by atoms with E-state index in [1.165, 1.54) is 17.3 Å². The first-order valence-electron chi connectivity index (χ1n) is 8.97. The van der Waals surface area contributed by atoms with E-state index in [9.17, 15) is 4.79 Å². The Morgan fingerprint density at radius 3 is 2.21 bits per heavy atom. The number of benzene rings is 2. The zero-order chi connectivity index (χ0) is 21.0. The zero-order valence-corrected chi connectivity index (χ0v) is 17.8. The predicted molar refractivity (Wildman–Crippen MR) is 113 cm³/mol. The number of nitrogens with zero attached hydrogens (tertiary/aromatic N) is 2. The van der Waals surface area contributed by atoms with Gasteiger partial charge in [0.1, 0.15) is 11.5 Å². The number of thioether (sulfide) groups is 1. The number of methoxy groups -OCH3 is 2. The monoisotopic (exact) mass is 413 g/mol. The molecule has 8 heteroatoms. The number of ether oxygens (including phenoxy) is 2. The highest BCUT2D eigenvalue weighted by Gasteiger charge is 2.14. The lowest BCUT2D eigenvalue weighted by molar-refractivity contribution is -0.113. The Labute approximate surface area is 173 Å². The number of hydrogen-bond donors (Lipinski definition) is 1. The van der Waals surface area contributed by atoms with Crippen molar-refractivity contribution in [2.75, 3.05) is 25.3 Å². The van der Waals surface area contributed by atoms with Crippen LogP contribution in [0.5, 0.6) is 11.5 Å². The first-order valence-corrected chi connectivity index (χ1v) is 9.95. The van der Waals surface area contributed by atoms with Gasteiger partial charge in [-0.25, -0.2) is 0 Å². The smallest absolute Gasteiger partial charge is 0.277 e. The minimum absolute atomic E-state index is 0.132. The van der Waals surface area contributed by atoms with Gasteiger partial charge in [0.25, 0.3) is 5.22 Å². The van der Waals surface area contributed by atoms with E-state index < -0.39 is 0 Å². The molecule has 0 aliphatic carbocycles. The summed E-state index contributed by atoms with van der Waals surface area (Å²) in [6, 6.07) is 9.40. The topological polar surface area (TPSA) is 86.5 Å². The maximum absolute atomic E-state index is 12.4. The highest BCUT2D eigenvalue weighted by Crippen LogP contribution is 2.30. The van der Waals surface area contributed by atoms with Crippen molar-refractivity contribution in [3.05, 3.63) is 47.0 Å². The Balaban J connectivity index is 1.66. The van der Waals surface area contributed by atoms with Crippen molar-refractivity contribution >= 4 is 23.4 Å². The minimum atomic E-state index is -0.132. The van der Waals surface area contributed by atoms with Crippen LogP contribution in [0.4, 0.5) is 5.69 Å². The molecular weight excluding hydrogens is 390 g/mol. The summed E-state index contributed by atoms with van der Waals surface area (Å²) in [5, 5.41) is 11.3. The number of hydrogen-bond acceptors (Lipinski definition) is 7. The van der Waals surface area contributed by atoms with Crippen LogP contribution in [0.15, 0.2) is 40.0 Å². The second-order valence-electron chi connectivity index (χ2n) is 6.59. The fraction of sp³-hybridized carbons (Fsp3) is 0.286. The number of aryl methyl sites for hydroxylation is 3. The van der Waals surface area contributed by atoms with Gasteiger partial charge in [-0.15, -0.1) is 10.2 Å². The Bertz CT molecular complexity index is 987. The van der Waals surface area contributed by atoms with Gasteiger partial charge in [-0.1, -0.05) is 29.5 Å². The standard InChI is InChI=1S/C21H23N3O4S/c1-12-6-13(2)19(14(3)7-12)22-18(25)11-29-21-24-23-20(28-21)15-8-16(26-4)10-17(9-15)27-5/h6-10H,11H2,1-5H3,(H,22,25). The molecule has 1 N–H and O–H groups in total. The van der Waals surface area contributed by atoms with Crippen molar-refractivity contribution in [1.82, 2.24) is 10.2 Å². The second-order valence-corrected chi connectivity index (χ2v) is 7.51. The second kappa shape index (κ2) is 9.00. The van der Waals surface area contributed by atoms with E-state index in [2.05, 4.69) is 15.5 Å². The number of carbonyl (C=O) groups is 1. The van der Waals surface area contributed by atoms with Crippen LogP contribution in [0.1, 0.15) is 16.7 Å². The molecule has 0 fully saturated rings. The van der Waals surface area contributed by atoms with Crippen molar-refractivity contribution < 1.29 is 18.7 Å². The number of rotatable bonds is 7. The van der Waals surface area contributed by atoms with Crippen LogP contribution in [-0.2, 0) is 4.79 Å². The van der Waals surface area contributed by atoms with Crippen LogP contribution in [0.2, 0.25) is 0 Å². The van der Waals surface area contributed by atoms with Gasteiger partial charge in [-0.2, -0.15) is 0 Å². The van der Waals surface area contributed by atoms with Gasteiger partial charge in [0.2, 0.25) is 11.8 Å². The third-order valence-electron chi connectivity index (χ3n) is 4.27. The van der Waals surface area contributed by atoms with Crippen molar-refractivity contribution in [2.24, 2.45) is 0 Å². The van der Waals surface area contributed by atoms with E-state index in [4.69, 9.17) is 13.9 Å². The van der Waals surface area contributed by atoms with Gasteiger partial charge in [0.05, 0.1) is 20.0 Å². The quantitative estimate of drug-likeness (QED) is 0.574.